The Bertz CT molecular complexity index is 410. The second kappa shape index (κ2) is 8.22. The topological polar surface area (TPSA) is 3.24 Å². The van der Waals surface area contributed by atoms with E-state index in [-0.39, 0.29) is 5.54 Å². The van der Waals surface area contributed by atoms with E-state index < -0.39 is 0 Å². The van der Waals surface area contributed by atoms with Crippen LogP contribution in [0.3, 0.4) is 0 Å². The summed E-state index contributed by atoms with van der Waals surface area (Å²) in [5, 5.41) is 0. The van der Waals surface area contributed by atoms with Crippen molar-refractivity contribution >= 4 is 0 Å². The molecular weight excluding hydrogens is 266 g/mol. The molecule has 1 heterocycles. The number of likely N-dealkylation sites (tertiary alicyclic amines) is 1. The van der Waals surface area contributed by atoms with Crippen molar-refractivity contribution in [1.82, 2.24) is 4.90 Å². The Kier molecular flexibility index (Phi) is 7.95. The molecule has 1 unspecified atom stereocenters. The highest BCUT2D eigenvalue weighted by Crippen LogP contribution is 2.44. The van der Waals surface area contributed by atoms with Gasteiger partial charge in [-0.1, -0.05) is 52.7 Å². The number of rotatable bonds is 2. The predicted molar refractivity (Wildman–Crippen MR) is 102 cm³/mol. The van der Waals surface area contributed by atoms with Crippen LogP contribution in [0.5, 0.6) is 0 Å². The Morgan fingerprint density at radius 3 is 2.14 bits per heavy atom. The van der Waals surface area contributed by atoms with Gasteiger partial charge in [0.05, 0.1) is 0 Å². The molecule has 0 bridgehead atoms. The van der Waals surface area contributed by atoms with Gasteiger partial charge in [0.1, 0.15) is 0 Å². The molecule has 0 spiro atoms. The third-order valence-electron chi connectivity index (χ3n) is 5.14. The van der Waals surface area contributed by atoms with Crippen LogP contribution in [0.1, 0.15) is 88.5 Å². The smallest absolute Gasteiger partial charge is 0.0345 e. The van der Waals surface area contributed by atoms with E-state index in [9.17, 15) is 0 Å². The molecule has 0 aromatic rings. The second-order valence-corrected chi connectivity index (χ2v) is 8.20. The summed E-state index contributed by atoms with van der Waals surface area (Å²) in [6, 6.07) is 0. The fourth-order valence-electron chi connectivity index (χ4n) is 3.84. The monoisotopic (exact) mass is 307 g/mol. The minimum Gasteiger partial charge on any atom is -0.373 e. The van der Waals surface area contributed by atoms with Gasteiger partial charge in [-0.25, -0.2) is 0 Å². The normalized spacial score (nSPS) is 26.8. The Balaban J connectivity index is 0.00000211. The standard InChI is InChI=1S/C19H35N.C2H6/c1-10-14(2)15(3)11-17-16(4)12-18(5,6)13-19(7,8)20(17)9;1-2/h11,16H,10,12-13H2,1-9H3;1-2H3/b15-14?,17-11-;. The van der Waals surface area contributed by atoms with E-state index in [4.69, 9.17) is 0 Å². The zero-order chi connectivity index (χ0) is 17.7. The molecule has 1 aliphatic heterocycles. The molecule has 1 atom stereocenters. The van der Waals surface area contributed by atoms with Crippen molar-refractivity contribution in [2.24, 2.45) is 11.3 Å². The van der Waals surface area contributed by atoms with Crippen molar-refractivity contribution in [3.05, 3.63) is 22.9 Å². The molecule has 0 amide bonds. The Morgan fingerprint density at radius 1 is 1.18 bits per heavy atom. The summed E-state index contributed by atoms with van der Waals surface area (Å²) in [4.78, 5) is 2.53. The van der Waals surface area contributed by atoms with E-state index in [1.165, 1.54) is 29.7 Å². The van der Waals surface area contributed by atoms with E-state index in [0.717, 1.165) is 6.42 Å². The molecule has 1 nitrogen and oxygen atoms in total. The molecule has 22 heavy (non-hydrogen) atoms. The summed E-state index contributed by atoms with van der Waals surface area (Å²) in [6.45, 7) is 22.7. The average molecular weight is 308 g/mol. The first kappa shape index (κ1) is 21.3. The van der Waals surface area contributed by atoms with Gasteiger partial charge in [-0.2, -0.15) is 0 Å². The highest BCUT2D eigenvalue weighted by atomic mass is 15.2. The Morgan fingerprint density at radius 2 is 1.68 bits per heavy atom. The largest absolute Gasteiger partial charge is 0.373 e. The quantitative estimate of drug-likeness (QED) is 0.541. The summed E-state index contributed by atoms with van der Waals surface area (Å²) < 4.78 is 0. The third-order valence-corrected chi connectivity index (χ3v) is 5.14. The molecule has 1 rings (SSSR count). The lowest BCUT2D eigenvalue weighted by molar-refractivity contribution is 0.149. The molecule has 0 aliphatic carbocycles. The first-order valence-electron chi connectivity index (χ1n) is 9.12. The fourth-order valence-corrected chi connectivity index (χ4v) is 3.84. The molecule has 1 saturated heterocycles. The maximum atomic E-state index is 2.53. The molecular formula is C21H41N. The van der Waals surface area contributed by atoms with E-state index in [0.29, 0.717) is 11.3 Å². The lowest BCUT2D eigenvalue weighted by Crippen LogP contribution is -2.41. The SMILES string of the molecule is CC.CCC(C)=C(C)/C=C1/C(C)CC(C)(C)CC(C)(C)N1C. The van der Waals surface area contributed by atoms with Crippen LogP contribution in [0.4, 0.5) is 0 Å². The first-order chi connectivity index (χ1) is 10.00. The number of hydrogen-bond acceptors (Lipinski definition) is 1. The van der Waals surface area contributed by atoms with Gasteiger partial charge in [-0.3, -0.25) is 0 Å². The summed E-state index contributed by atoms with van der Waals surface area (Å²) in [5.74, 6) is 0.622. The summed E-state index contributed by atoms with van der Waals surface area (Å²) >= 11 is 0. The van der Waals surface area contributed by atoms with Crippen LogP contribution < -0.4 is 0 Å². The third kappa shape index (κ3) is 5.48. The zero-order valence-electron chi connectivity index (χ0n) is 17.2. The van der Waals surface area contributed by atoms with E-state index in [1.54, 1.807) is 0 Å². The van der Waals surface area contributed by atoms with Crippen molar-refractivity contribution in [3.8, 4) is 0 Å². The lowest BCUT2D eigenvalue weighted by atomic mass is 9.76. The van der Waals surface area contributed by atoms with Gasteiger partial charge in [-0.05, 0) is 64.4 Å². The van der Waals surface area contributed by atoms with Crippen molar-refractivity contribution in [2.75, 3.05) is 7.05 Å². The number of nitrogens with zero attached hydrogens (tertiary/aromatic N) is 1. The van der Waals surface area contributed by atoms with Crippen LogP contribution in [0.2, 0.25) is 0 Å². The summed E-state index contributed by atoms with van der Waals surface area (Å²) in [7, 11) is 2.28. The molecule has 0 N–H and O–H groups in total. The lowest BCUT2D eigenvalue weighted by Gasteiger charge is -2.40. The molecule has 0 aromatic heterocycles. The molecule has 130 valence electrons. The molecule has 0 saturated carbocycles. The van der Waals surface area contributed by atoms with Crippen LogP contribution in [0.25, 0.3) is 0 Å². The summed E-state index contributed by atoms with van der Waals surface area (Å²) in [6.07, 6.45) is 6.09. The maximum Gasteiger partial charge on any atom is 0.0345 e. The number of hydrogen-bond donors (Lipinski definition) is 0. The van der Waals surface area contributed by atoms with Gasteiger partial charge in [-0.15, -0.1) is 0 Å². The fraction of sp³-hybridized carbons (Fsp3) is 0.810. The van der Waals surface area contributed by atoms with Crippen molar-refractivity contribution in [2.45, 2.75) is 94.0 Å². The average Bonchev–Trinajstić information content (AvgIpc) is 2.47. The van der Waals surface area contributed by atoms with Crippen LogP contribution in [0, 0.1) is 11.3 Å². The second-order valence-electron chi connectivity index (χ2n) is 8.20. The van der Waals surface area contributed by atoms with Crippen molar-refractivity contribution in [1.29, 1.82) is 0 Å². The Labute approximate surface area is 140 Å². The maximum absolute atomic E-state index is 2.53. The van der Waals surface area contributed by atoms with Gasteiger partial charge in [0.15, 0.2) is 0 Å². The Hall–Kier alpha value is -0.720. The molecule has 1 heteroatoms. The van der Waals surface area contributed by atoms with Crippen LogP contribution in [-0.2, 0) is 0 Å². The minimum absolute atomic E-state index is 0.223. The first-order valence-corrected chi connectivity index (χ1v) is 9.12. The van der Waals surface area contributed by atoms with E-state index in [2.05, 4.69) is 73.4 Å². The predicted octanol–water partition coefficient (Wildman–Crippen LogP) is 6.81. The van der Waals surface area contributed by atoms with Crippen LogP contribution in [-0.4, -0.2) is 17.5 Å². The summed E-state index contributed by atoms with van der Waals surface area (Å²) in [5.41, 5.74) is 5.08. The molecule has 1 fully saturated rings. The minimum atomic E-state index is 0.223. The van der Waals surface area contributed by atoms with Crippen molar-refractivity contribution in [3.63, 3.8) is 0 Å². The highest BCUT2D eigenvalue weighted by Gasteiger charge is 2.39. The van der Waals surface area contributed by atoms with Crippen LogP contribution in [0.15, 0.2) is 22.9 Å². The van der Waals surface area contributed by atoms with E-state index in [1.807, 2.05) is 13.8 Å². The highest BCUT2D eigenvalue weighted by molar-refractivity contribution is 5.28. The van der Waals surface area contributed by atoms with Gasteiger partial charge in [0.2, 0.25) is 0 Å². The molecule has 0 radical (unpaired) electrons. The molecule has 1 aliphatic rings. The van der Waals surface area contributed by atoms with Gasteiger partial charge >= 0.3 is 0 Å². The van der Waals surface area contributed by atoms with Gasteiger partial charge in [0, 0.05) is 18.3 Å². The van der Waals surface area contributed by atoms with E-state index >= 15 is 0 Å². The van der Waals surface area contributed by atoms with Crippen molar-refractivity contribution < 1.29 is 0 Å². The number of allylic oxidation sites excluding steroid dienone is 4. The molecule has 0 aromatic carbocycles. The zero-order valence-corrected chi connectivity index (χ0v) is 17.2. The van der Waals surface area contributed by atoms with Gasteiger partial charge in [0.25, 0.3) is 0 Å². The van der Waals surface area contributed by atoms with Gasteiger partial charge < -0.3 is 4.90 Å². The van der Waals surface area contributed by atoms with Crippen LogP contribution >= 0.6 is 0 Å².